The number of ether oxygens (including phenoxy) is 2. The molecule has 1 aromatic carbocycles. The molecule has 0 saturated heterocycles. The van der Waals surface area contributed by atoms with Crippen molar-refractivity contribution in [3.8, 4) is 23.8 Å². The third-order valence-corrected chi connectivity index (χ3v) is 4.32. The Morgan fingerprint density at radius 2 is 2.00 bits per heavy atom. The summed E-state index contributed by atoms with van der Waals surface area (Å²) in [5, 5.41) is 7.30. The van der Waals surface area contributed by atoms with Gasteiger partial charge in [0.15, 0.2) is 23.2 Å². The van der Waals surface area contributed by atoms with Gasteiger partial charge in [0.05, 0.1) is 13.7 Å². The Labute approximate surface area is 187 Å². The van der Waals surface area contributed by atoms with Crippen molar-refractivity contribution in [2.75, 3.05) is 20.8 Å². The van der Waals surface area contributed by atoms with Crippen LogP contribution in [0, 0.1) is 12.3 Å². The summed E-state index contributed by atoms with van der Waals surface area (Å²) in [6, 6.07) is 5.39. The van der Waals surface area contributed by atoms with Crippen LogP contribution in [0.2, 0.25) is 0 Å². The minimum absolute atomic E-state index is 0. The van der Waals surface area contributed by atoms with Gasteiger partial charge >= 0.3 is 6.18 Å². The molecule has 0 fully saturated rings. The Bertz CT molecular complexity index is 866. The maximum Gasteiger partial charge on any atom is 0.434 e. The van der Waals surface area contributed by atoms with Crippen LogP contribution in [0.5, 0.6) is 11.5 Å². The first-order valence-electron chi connectivity index (χ1n) is 8.06. The van der Waals surface area contributed by atoms with Crippen molar-refractivity contribution in [2.45, 2.75) is 19.3 Å². The molecule has 2 rings (SSSR count). The second-order valence-corrected chi connectivity index (χ2v) is 6.32. The molecular formula is C18H20F3IN4O2S. The standard InChI is InChI=1S/C18H19F3N4O2S.HI/c1-4-7-27-14-8-12(5-6-13(14)26-3)9-23-17(22-2)24-10-16-25-15(11-28-16)18(19,20)21;/h1,5-6,8,11H,7,9-10H2,2-3H3,(H2,22,23,24);1H. The summed E-state index contributed by atoms with van der Waals surface area (Å²) in [6.07, 6.45) is 0.768. The first-order chi connectivity index (χ1) is 13.4. The smallest absolute Gasteiger partial charge is 0.434 e. The third-order valence-electron chi connectivity index (χ3n) is 3.47. The summed E-state index contributed by atoms with van der Waals surface area (Å²) in [4.78, 5) is 7.61. The Hall–Kier alpha value is -2.20. The maximum absolute atomic E-state index is 12.6. The monoisotopic (exact) mass is 540 g/mol. The van der Waals surface area contributed by atoms with E-state index in [9.17, 15) is 13.2 Å². The SMILES string of the molecule is C#CCOc1cc(CNC(=NC)NCc2nc(C(F)(F)F)cs2)ccc1OC.I. The van der Waals surface area contributed by atoms with Crippen LogP contribution in [-0.4, -0.2) is 31.7 Å². The minimum atomic E-state index is -4.44. The highest BCUT2D eigenvalue weighted by molar-refractivity contribution is 14.0. The van der Waals surface area contributed by atoms with Crippen LogP contribution in [0.3, 0.4) is 0 Å². The van der Waals surface area contributed by atoms with E-state index in [-0.39, 0.29) is 37.1 Å². The highest BCUT2D eigenvalue weighted by Gasteiger charge is 2.33. The van der Waals surface area contributed by atoms with E-state index in [0.717, 1.165) is 22.3 Å². The number of halogens is 4. The number of thiazole rings is 1. The van der Waals surface area contributed by atoms with Crippen molar-refractivity contribution in [3.63, 3.8) is 0 Å². The number of hydrogen-bond donors (Lipinski definition) is 2. The van der Waals surface area contributed by atoms with Crippen molar-refractivity contribution < 1.29 is 22.6 Å². The molecule has 0 amide bonds. The maximum atomic E-state index is 12.6. The molecule has 0 unspecified atom stereocenters. The number of aliphatic imine (C=N–C) groups is 1. The molecular weight excluding hydrogens is 520 g/mol. The fourth-order valence-corrected chi connectivity index (χ4v) is 2.89. The average molecular weight is 540 g/mol. The van der Waals surface area contributed by atoms with E-state index in [1.54, 1.807) is 19.2 Å². The van der Waals surface area contributed by atoms with Gasteiger partial charge in [-0.2, -0.15) is 13.2 Å². The van der Waals surface area contributed by atoms with Crippen LogP contribution in [0.4, 0.5) is 13.2 Å². The Balaban J connectivity index is 0.00000420. The highest BCUT2D eigenvalue weighted by atomic mass is 127. The van der Waals surface area contributed by atoms with Gasteiger partial charge in [-0.05, 0) is 17.7 Å². The molecule has 2 aromatic rings. The number of terminal acetylenes is 1. The van der Waals surface area contributed by atoms with E-state index in [1.807, 2.05) is 6.07 Å². The Morgan fingerprint density at radius 3 is 2.59 bits per heavy atom. The average Bonchev–Trinajstić information content (AvgIpc) is 3.16. The lowest BCUT2D eigenvalue weighted by molar-refractivity contribution is -0.140. The van der Waals surface area contributed by atoms with Crippen LogP contribution in [0.25, 0.3) is 0 Å². The van der Waals surface area contributed by atoms with E-state index >= 15 is 0 Å². The molecule has 0 aliphatic carbocycles. The number of hydrogen-bond acceptors (Lipinski definition) is 5. The van der Waals surface area contributed by atoms with Gasteiger partial charge in [0.2, 0.25) is 0 Å². The predicted molar refractivity (Wildman–Crippen MR) is 117 cm³/mol. The molecule has 0 saturated carbocycles. The highest BCUT2D eigenvalue weighted by Crippen LogP contribution is 2.30. The van der Waals surface area contributed by atoms with Crippen LogP contribution < -0.4 is 20.1 Å². The van der Waals surface area contributed by atoms with Crippen molar-refractivity contribution in [1.82, 2.24) is 15.6 Å². The van der Waals surface area contributed by atoms with Gasteiger partial charge < -0.3 is 20.1 Å². The largest absolute Gasteiger partial charge is 0.493 e. The lowest BCUT2D eigenvalue weighted by atomic mass is 10.2. The number of rotatable bonds is 7. The topological polar surface area (TPSA) is 67.8 Å². The van der Waals surface area contributed by atoms with Crippen molar-refractivity contribution in [3.05, 3.63) is 39.8 Å². The van der Waals surface area contributed by atoms with E-state index in [1.165, 1.54) is 7.11 Å². The predicted octanol–water partition coefficient (Wildman–Crippen LogP) is 3.67. The third kappa shape index (κ3) is 7.62. The van der Waals surface area contributed by atoms with Gasteiger partial charge in [0.25, 0.3) is 0 Å². The molecule has 11 heteroatoms. The van der Waals surface area contributed by atoms with Crippen LogP contribution in [0.15, 0.2) is 28.6 Å². The van der Waals surface area contributed by atoms with Crippen molar-refractivity contribution >= 4 is 41.3 Å². The molecule has 1 aromatic heterocycles. The molecule has 2 N–H and O–H groups in total. The van der Waals surface area contributed by atoms with Gasteiger partial charge in [0.1, 0.15) is 11.6 Å². The zero-order valence-corrected chi connectivity index (χ0v) is 18.8. The Morgan fingerprint density at radius 1 is 1.28 bits per heavy atom. The lowest BCUT2D eigenvalue weighted by Crippen LogP contribution is -2.36. The van der Waals surface area contributed by atoms with Gasteiger partial charge in [0, 0.05) is 19.0 Å². The summed E-state index contributed by atoms with van der Waals surface area (Å²) >= 11 is 0.934. The quantitative estimate of drug-likeness (QED) is 0.243. The number of aromatic nitrogens is 1. The number of guanidine groups is 1. The summed E-state index contributed by atoms with van der Waals surface area (Å²) in [7, 11) is 3.10. The molecule has 0 aliphatic rings. The lowest BCUT2D eigenvalue weighted by Gasteiger charge is -2.13. The molecule has 0 spiro atoms. The van der Waals surface area contributed by atoms with Crippen molar-refractivity contribution in [1.29, 1.82) is 0 Å². The number of nitrogens with one attached hydrogen (secondary N) is 2. The van der Waals surface area contributed by atoms with E-state index in [4.69, 9.17) is 15.9 Å². The van der Waals surface area contributed by atoms with Gasteiger partial charge in [-0.15, -0.1) is 41.7 Å². The van der Waals surface area contributed by atoms with Crippen LogP contribution in [-0.2, 0) is 19.3 Å². The molecule has 158 valence electrons. The van der Waals surface area contributed by atoms with Crippen LogP contribution >= 0.6 is 35.3 Å². The Kier molecular flexibility index (Phi) is 10.0. The van der Waals surface area contributed by atoms with Crippen molar-refractivity contribution in [2.24, 2.45) is 4.99 Å². The number of alkyl halides is 3. The summed E-state index contributed by atoms with van der Waals surface area (Å²) < 4.78 is 48.5. The molecule has 29 heavy (non-hydrogen) atoms. The molecule has 6 nitrogen and oxygen atoms in total. The molecule has 0 radical (unpaired) electrons. The zero-order valence-electron chi connectivity index (χ0n) is 15.7. The normalized spacial score (nSPS) is 11.2. The summed E-state index contributed by atoms with van der Waals surface area (Å²) in [5.41, 5.74) is -0.0145. The van der Waals surface area contributed by atoms with Gasteiger partial charge in [-0.1, -0.05) is 12.0 Å². The zero-order chi connectivity index (χ0) is 20.6. The van der Waals surface area contributed by atoms with E-state index < -0.39 is 11.9 Å². The fraction of sp³-hybridized carbons (Fsp3) is 0.333. The van der Waals surface area contributed by atoms with Gasteiger partial charge in [-0.25, -0.2) is 4.98 Å². The first-order valence-corrected chi connectivity index (χ1v) is 8.94. The molecule has 0 aliphatic heterocycles. The van der Waals surface area contributed by atoms with Gasteiger partial charge in [-0.3, -0.25) is 4.99 Å². The molecule has 0 atom stereocenters. The molecule has 1 heterocycles. The second-order valence-electron chi connectivity index (χ2n) is 5.38. The number of nitrogens with zero attached hydrogens (tertiary/aromatic N) is 2. The van der Waals surface area contributed by atoms with E-state index in [0.29, 0.717) is 29.0 Å². The molecule has 0 bridgehead atoms. The van der Waals surface area contributed by atoms with Crippen LogP contribution in [0.1, 0.15) is 16.3 Å². The minimum Gasteiger partial charge on any atom is -0.493 e. The second kappa shape index (κ2) is 11.7. The first kappa shape index (κ1) is 24.8. The van der Waals surface area contributed by atoms with E-state index in [2.05, 4.69) is 26.5 Å². The number of benzene rings is 1. The summed E-state index contributed by atoms with van der Waals surface area (Å²) in [5.74, 6) is 3.89. The summed E-state index contributed by atoms with van der Waals surface area (Å²) in [6.45, 7) is 0.644. The number of methoxy groups -OCH3 is 1. The fourth-order valence-electron chi connectivity index (χ4n) is 2.15.